The van der Waals surface area contributed by atoms with Crippen LogP contribution in [0.3, 0.4) is 0 Å². The molecule has 290 valence electrons. The van der Waals surface area contributed by atoms with Gasteiger partial charge in [-0.1, -0.05) is 36.4 Å². The summed E-state index contributed by atoms with van der Waals surface area (Å²) in [5.74, 6) is 4.25. The Bertz CT molecular complexity index is 1690. The molecule has 0 bridgehead atoms. The van der Waals surface area contributed by atoms with Crippen LogP contribution in [0, 0.1) is 13.8 Å². The summed E-state index contributed by atoms with van der Waals surface area (Å²) in [7, 11) is 6.58. The molecule has 0 heterocycles. The van der Waals surface area contributed by atoms with Crippen LogP contribution in [-0.4, -0.2) is 53.2 Å². The lowest BCUT2D eigenvalue weighted by Gasteiger charge is -2.19. The summed E-state index contributed by atoms with van der Waals surface area (Å²) in [4.78, 5) is 22.5. The quantitative estimate of drug-likeness (QED) is 0.0773. The molecule has 4 aromatic carbocycles. The Hall–Kier alpha value is -5.22. The molecule has 0 spiro atoms. The van der Waals surface area contributed by atoms with Gasteiger partial charge in [-0.25, -0.2) is 0 Å². The third-order valence-electron chi connectivity index (χ3n) is 9.55. The van der Waals surface area contributed by atoms with E-state index in [9.17, 15) is 9.59 Å². The first-order valence-electron chi connectivity index (χ1n) is 18.5. The van der Waals surface area contributed by atoms with Gasteiger partial charge in [-0.2, -0.15) is 0 Å². The second kappa shape index (κ2) is 20.9. The van der Waals surface area contributed by atoms with Gasteiger partial charge in [0.25, 0.3) is 0 Å². The number of hydrogen-bond acceptors (Lipinski definition) is 9. The highest BCUT2D eigenvalue weighted by molar-refractivity contribution is 5.75. The van der Waals surface area contributed by atoms with E-state index in [1.807, 2.05) is 24.3 Å². The van der Waals surface area contributed by atoms with E-state index < -0.39 is 0 Å². The predicted molar refractivity (Wildman–Crippen MR) is 212 cm³/mol. The molecule has 2 N–H and O–H groups in total. The van der Waals surface area contributed by atoms with Crippen molar-refractivity contribution in [3.63, 3.8) is 0 Å². The maximum absolute atomic E-state index is 11.3. The van der Waals surface area contributed by atoms with E-state index >= 15 is 0 Å². The number of benzene rings is 4. The summed E-state index contributed by atoms with van der Waals surface area (Å²) in [5.41, 5.74) is 8.54. The average molecular weight is 741 g/mol. The minimum absolute atomic E-state index is 0.0215. The van der Waals surface area contributed by atoms with Crippen molar-refractivity contribution in [1.29, 1.82) is 0 Å². The lowest BCUT2D eigenvalue weighted by Crippen LogP contribution is -2.20. The van der Waals surface area contributed by atoms with Gasteiger partial charge in [0.2, 0.25) is 5.91 Å². The number of methoxy groups -OCH3 is 4. The first kappa shape index (κ1) is 41.5. The minimum atomic E-state index is -0.0215. The zero-order chi connectivity index (χ0) is 39.0. The topological polar surface area (TPSA) is 114 Å². The van der Waals surface area contributed by atoms with Crippen molar-refractivity contribution in [2.45, 2.75) is 79.6 Å². The van der Waals surface area contributed by atoms with Gasteiger partial charge < -0.3 is 43.8 Å². The van der Waals surface area contributed by atoms with Gasteiger partial charge in [0, 0.05) is 56.3 Å². The molecule has 54 heavy (non-hydrogen) atoms. The lowest BCUT2D eigenvalue weighted by atomic mass is 9.92. The molecule has 0 radical (unpaired) electrons. The number of carbonyl (C=O) groups is 2. The Kier molecular flexibility index (Phi) is 16.1. The van der Waals surface area contributed by atoms with E-state index in [1.54, 1.807) is 35.4 Å². The Balaban J connectivity index is 1.46. The van der Waals surface area contributed by atoms with Crippen molar-refractivity contribution in [3.05, 3.63) is 94.0 Å². The van der Waals surface area contributed by atoms with Crippen molar-refractivity contribution in [2.24, 2.45) is 0 Å². The number of Topliss-reactive ketones (excluding diaryl/α,β-unsaturated/α-hetero) is 1. The number of carbonyl (C=O) groups excluding carboxylic acids is 2. The van der Waals surface area contributed by atoms with Gasteiger partial charge in [0.05, 0.1) is 34.0 Å². The van der Waals surface area contributed by atoms with Crippen LogP contribution in [0.15, 0.2) is 60.7 Å². The van der Waals surface area contributed by atoms with Crippen LogP contribution >= 0.6 is 0 Å². The van der Waals surface area contributed by atoms with Crippen LogP contribution in [0.25, 0.3) is 11.1 Å². The monoisotopic (exact) mass is 740 g/mol. The van der Waals surface area contributed by atoms with Gasteiger partial charge in [-0.3, -0.25) is 4.79 Å². The highest BCUT2D eigenvalue weighted by Crippen LogP contribution is 2.37. The molecule has 1 amide bonds. The number of amides is 1. The Morgan fingerprint density at radius 2 is 1.09 bits per heavy atom. The summed E-state index contributed by atoms with van der Waals surface area (Å²) in [5, 5.41) is 6.22. The van der Waals surface area contributed by atoms with Crippen molar-refractivity contribution in [3.8, 4) is 45.6 Å². The average Bonchev–Trinajstić information content (AvgIpc) is 3.16. The molecule has 4 rings (SSSR count). The summed E-state index contributed by atoms with van der Waals surface area (Å²) < 4.78 is 35.6. The largest absolute Gasteiger partial charge is 0.496 e. The van der Waals surface area contributed by atoms with Crippen molar-refractivity contribution in [1.82, 2.24) is 10.6 Å². The molecular weight excluding hydrogens is 684 g/mol. The number of ketones is 1. The molecule has 0 aromatic heterocycles. The molecule has 0 aliphatic rings. The zero-order valence-electron chi connectivity index (χ0n) is 33.1. The Labute approximate surface area is 320 Å². The van der Waals surface area contributed by atoms with Crippen LogP contribution < -0.4 is 39.1 Å². The van der Waals surface area contributed by atoms with E-state index in [1.165, 1.54) is 6.92 Å². The van der Waals surface area contributed by atoms with E-state index in [-0.39, 0.29) is 11.7 Å². The van der Waals surface area contributed by atoms with Crippen LogP contribution in [-0.2, 0) is 35.8 Å². The molecule has 0 fully saturated rings. The minimum Gasteiger partial charge on any atom is -0.496 e. The molecule has 0 atom stereocenters. The third kappa shape index (κ3) is 11.4. The van der Waals surface area contributed by atoms with Crippen molar-refractivity contribution < 1.29 is 38.0 Å². The molecule has 0 saturated heterocycles. The molecule has 0 aliphatic heterocycles. The summed E-state index contributed by atoms with van der Waals surface area (Å²) in [6, 6.07) is 20.2. The molecule has 0 saturated carbocycles. The maximum Gasteiger partial charge on any atom is 0.216 e. The van der Waals surface area contributed by atoms with Crippen LogP contribution in [0.1, 0.15) is 72.9 Å². The van der Waals surface area contributed by atoms with Gasteiger partial charge >= 0.3 is 0 Å². The predicted octanol–water partition coefficient (Wildman–Crippen LogP) is 8.08. The first-order chi connectivity index (χ1) is 26.1. The molecule has 10 nitrogen and oxygen atoms in total. The molecule has 0 unspecified atom stereocenters. The lowest BCUT2D eigenvalue weighted by molar-refractivity contribution is -0.119. The number of ether oxygens (including phenoxy) is 6. The summed E-state index contributed by atoms with van der Waals surface area (Å²) >= 11 is 0. The standard InChI is InChI=1S/C44H56N2O8/c1-29(47)14-13-20-45-26-40-43(51-7)24-36(25-44(40)52-8)54-28-34-16-12-19-38(31(34)3)37-18-11-15-33(30(37)2)27-53-35-22-41(49-5)39(42(23-35)50-6)17-9-10-21-46-32(4)48/h11-12,15-16,18-19,22-25,45H,9-10,13-14,17,20-21,26-28H2,1-8H3,(H,46,48). The number of hydrogen-bond donors (Lipinski definition) is 2. The zero-order valence-corrected chi connectivity index (χ0v) is 33.1. The smallest absolute Gasteiger partial charge is 0.216 e. The van der Waals surface area contributed by atoms with Gasteiger partial charge in [-0.05, 0) is 86.4 Å². The summed E-state index contributed by atoms with van der Waals surface area (Å²) in [6.45, 7) is 10.0. The molecular formula is C44H56N2O8. The van der Waals surface area contributed by atoms with Gasteiger partial charge in [0.15, 0.2) is 0 Å². The van der Waals surface area contributed by atoms with Crippen molar-refractivity contribution in [2.75, 3.05) is 41.5 Å². The van der Waals surface area contributed by atoms with Crippen molar-refractivity contribution >= 4 is 11.7 Å². The first-order valence-corrected chi connectivity index (χ1v) is 18.5. The Morgan fingerprint density at radius 1 is 0.611 bits per heavy atom. The highest BCUT2D eigenvalue weighted by atomic mass is 16.5. The fourth-order valence-electron chi connectivity index (χ4n) is 6.46. The second-order valence-corrected chi connectivity index (χ2v) is 13.3. The fourth-order valence-corrected chi connectivity index (χ4v) is 6.46. The number of nitrogens with one attached hydrogen (secondary N) is 2. The van der Waals surface area contributed by atoms with E-state index in [0.29, 0.717) is 67.2 Å². The fraction of sp³-hybridized carbons (Fsp3) is 0.409. The normalized spacial score (nSPS) is 10.8. The third-order valence-corrected chi connectivity index (χ3v) is 9.55. The maximum atomic E-state index is 11.3. The number of rotatable bonds is 22. The number of unbranched alkanes of at least 4 members (excludes halogenated alkanes) is 1. The van der Waals surface area contributed by atoms with Gasteiger partial charge in [-0.15, -0.1) is 0 Å². The van der Waals surface area contributed by atoms with E-state index in [2.05, 4.69) is 60.9 Å². The molecule has 0 aliphatic carbocycles. The SMILES string of the molecule is COc1cc(OCc2cccc(-c3cccc(COc4cc(OC)c(CNCCCC(C)=O)c(OC)c4)c3C)c2C)cc(OC)c1CCCCNC(C)=O. The summed E-state index contributed by atoms with van der Waals surface area (Å²) in [6.07, 6.45) is 3.83. The highest BCUT2D eigenvalue weighted by Gasteiger charge is 2.17. The molecule has 4 aromatic rings. The van der Waals surface area contributed by atoms with Crippen LogP contribution in [0.4, 0.5) is 0 Å². The van der Waals surface area contributed by atoms with E-state index in [0.717, 1.165) is 76.7 Å². The van der Waals surface area contributed by atoms with Crippen LogP contribution in [0.2, 0.25) is 0 Å². The Morgan fingerprint density at radius 3 is 1.54 bits per heavy atom. The van der Waals surface area contributed by atoms with E-state index in [4.69, 9.17) is 28.4 Å². The van der Waals surface area contributed by atoms with Gasteiger partial charge in [0.1, 0.15) is 53.5 Å². The second-order valence-electron chi connectivity index (χ2n) is 13.3. The van der Waals surface area contributed by atoms with Crippen LogP contribution in [0.5, 0.6) is 34.5 Å². The molecule has 10 heteroatoms.